The van der Waals surface area contributed by atoms with Gasteiger partial charge in [0.2, 0.25) is 0 Å². The molecule has 1 aliphatic rings. The lowest BCUT2D eigenvalue weighted by Gasteiger charge is -2.29. The van der Waals surface area contributed by atoms with E-state index in [-0.39, 0.29) is 18.2 Å². The third-order valence-electron chi connectivity index (χ3n) is 6.50. The Hall–Kier alpha value is -2.96. The lowest BCUT2D eigenvalue weighted by Crippen LogP contribution is -2.40. The number of esters is 1. The van der Waals surface area contributed by atoms with Crippen molar-refractivity contribution in [3.63, 3.8) is 0 Å². The highest BCUT2D eigenvalue weighted by molar-refractivity contribution is 6.06. The monoisotopic (exact) mass is 442 g/mol. The predicted octanol–water partition coefficient (Wildman–Crippen LogP) is 4.47. The molecule has 172 valence electrons. The molecule has 2 aromatic rings. The van der Waals surface area contributed by atoms with Crippen LogP contribution in [-0.2, 0) is 11.8 Å². The van der Waals surface area contributed by atoms with Crippen molar-refractivity contribution in [3.8, 4) is 0 Å². The predicted molar refractivity (Wildman–Crippen MR) is 119 cm³/mol. The molecule has 0 bridgehead atoms. The Bertz CT molecular complexity index is 1000. The van der Waals surface area contributed by atoms with Gasteiger partial charge in [0.25, 0.3) is 5.91 Å². The summed E-state index contributed by atoms with van der Waals surface area (Å²) in [6.45, 7) is 3.88. The number of carbonyl (C=O) groups excluding carboxylic acids is 3. The van der Waals surface area contributed by atoms with Gasteiger partial charge in [-0.05, 0) is 62.4 Å². The number of hydrogen-bond acceptors (Lipinski definition) is 4. The number of methoxy groups -OCH3 is 1. The molecule has 1 heterocycles. The van der Waals surface area contributed by atoms with Crippen molar-refractivity contribution >= 4 is 17.7 Å². The molecule has 1 amide bonds. The van der Waals surface area contributed by atoms with Crippen LogP contribution in [0.15, 0.2) is 24.3 Å². The largest absolute Gasteiger partial charge is 0.464 e. The molecule has 0 aliphatic heterocycles. The second-order valence-electron chi connectivity index (χ2n) is 8.60. The molecule has 0 atom stereocenters. The van der Waals surface area contributed by atoms with Gasteiger partial charge < -0.3 is 14.2 Å². The van der Waals surface area contributed by atoms with Crippen LogP contribution in [0.3, 0.4) is 0 Å². The Morgan fingerprint density at radius 2 is 1.72 bits per heavy atom. The van der Waals surface area contributed by atoms with E-state index in [0.717, 1.165) is 25.7 Å². The Balaban J connectivity index is 1.90. The molecular formula is C25H31FN2O4. The molecule has 32 heavy (non-hydrogen) atoms. The average molecular weight is 443 g/mol. The van der Waals surface area contributed by atoms with Gasteiger partial charge in [0.1, 0.15) is 11.5 Å². The molecule has 1 aromatic carbocycles. The maximum absolute atomic E-state index is 13.4. The SMILES string of the molecule is COC(=O)c1c(C)c(C(=O)CN(CC2CCCCC2)C(=O)c2ccc(F)cc2)c(C)n1C. The highest BCUT2D eigenvalue weighted by Gasteiger charge is 2.29. The summed E-state index contributed by atoms with van der Waals surface area (Å²) < 4.78 is 19.9. The summed E-state index contributed by atoms with van der Waals surface area (Å²) in [6.07, 6.45) is 5.49. The summed E-state index contributed by atoms with van der Waals surface area (Å²) in [5, 5.41) is 0. The van der Waals surface area contributed by atoms with Crippen LogP contribution in [0.4, 0.5) is 4.39 Å². The second-order valence-corrected chi connectivity index (χ2v) is 8.60. The van der Waals surface area contributed by atoms with Crippen LogP contribution < -0.4 is 0 Å². The number of amides is 1. The standard InChI is InChI=1S/C25H31FN2O4/c1-16-22(17(2)27(3)23(16)25(31)32-4)21(29)15-28(14-18-8-6-5-7-9-18)24(30)19-10-12-20(26)13-11-19/h10-13,18H,5-9,14-15H2,1-4H3. The van der Waals surface area contributed by atoms with Crippen molar-refractivity contribution in [2.75, 3.05) is 20.2 Å². The highest BCUT2D eigenvalue weighted by Crippen LogP contribution is 2.27. The van der Waals surface area contributed by atoms with Crippen LogP contribution >= 0.6 is 0 Å². The number of ketones is 1. The minimum atomic E-state index is -0.506. The fourth-order valence-corrected chi connectivity index (χ4v) is 4.70. The van der Waals surface area contributed by atoms with Crippen molar-refractivity contribution < 1.29 is 23.5 Å². The van der Waals surface area contributed by atoms with Crippen LogP contribution in [0.25, 0.3) is 0 Å². The van der Waals surface area contributed by atoms with E-state index in [9.17, 15) is 18.8 Å². The third-order valence-corrected chi connectivity index (χ3v) is 6.50. The lowest BCUT2D eigenvalue weighted by molar-refractivity contribution is 0.0588. The van der Waals surface area contributed by atoms with E-state index >= 15 is 0 Å². The molecule has 0 unspecified atom stereocenters. The summed E-state index contributed by atoms with van der Waals surface area (Å²) in [5.41, 5.74) is 2.32. The van der Waals surface area contributed by atoms with E-state index in [0.29, 0.717) is 40.5 Å². The van der Waals surface area contributed by atoms with Gasteiger partial charge in [-0.15, -0.1) is 0 Å². The average Bonchev–Trinajstić information content (AvgIpc) is 3.01. The van der Waals surface area contributed by atoms with Crippen molar-refractivity contribution in [1.82, 2.24) is 9.47 Å². The van der Waals surface area contributed by atoms with Crippen LogP contribution in [0.1, 0.15) is 74.6 Å². The van der Waals surface area contributed by atoms with Crippen molar-refractivity contribution in [1.29, 1.82) is 0 Å². The normalized spacial score (nSPS) is 14.3. The number of halogens is 1. The van der Waals surface area contributed by atoms with Gasteiger partial charge in [-0.1, -0.05) is 19.3 Å². The number of hydrogen-bond donors (Lipinski definition) is 0. The summed E-state index contributed by atoms with van der Waals surface area (Å²) in [6, 6.07) is 5.40. The Labute approximate surface area is 188 Å². The van der Waals surface area contributed by atoms with Crippen LogP contribution in [0.2, 0.25) is 0 Å². The molecule has 1 fully saturated rings. The minimum Gasteiger partial charge on any atom is -0.464 e. The topological polar surface area (TPSA) is 68.6 Å². The van der Waals surface area contributed by atoms with Gasteiger partial charge >= 0.3 is 5.97 Å². The maximum Gasteiger partial charge on any atom is 0.354 e. The van der Waals surface area contributed by atoms with E-state index in [1.165, 1.54) is 37.8 Å². The quantitative estimate of drug-likeness (QED) is 0.469. The first-order valence-electron chi connectivity index (χ1n) is 11.1. The Kier molecular flexibility index (Phi) is 7.48. The minimum absolute atomic E-state index is 0.0982. The molecule has 6 nitrogen and oxygen atoms in total. The number of rotatable bonds is 7. The molecule has 0 saturated heterocycles. The summed E-state index contributed by atoms with van der Waals surface area (Å²) >= 11 is 0. The molecule has 0 N–H and O–H groups in total. The fourth-order valence-electron chi connectivity index (χ4n) is 4.70. The van der Waals surface area contributed by atoms with Crippen molar-refractivity contribution in [2.24, 2.45) is 13.0 Å². The molecule has 3 rings (SSSR count). The first-order valence-corrected chi connectivity index (χ1v) is 11.1. The first kappa shape index (κ1) is 23.7. The molecular weight excluding hydrogens is 411 g/mol. The molecule has 7 heteroatoms. The Morgan fingerprint density at radius 3 is 2.31 bits per heavy atom. The van der Waals surface area contributed by atoms with Gasteiger partial charge in [0.05, 0.1) is 13.7 Å². The van der Waals surface area contributed by atoms with E-state index in [1.807, 2.05) is 0 Å². The van der Waals surface area contributed by atoms with Gasteiger partial charge in [-0.3, -0.25) is 9.59 Å². The maximum atomic E-state index is 13.4. The highest BCUT2D eigenvalue weighted by atomic mass is 19.1. The summed E-state index contributed by atoms with van der Waals surface area (Å²) in [4.78, 5) is 40.4. The number of aromatic nitrogens is 1. The van der Waals surface area contributed by atoms with E-state index < -0.39 is 11.8 Å². The fraction of sp³-hybridized carbons (Fsp3) is 0.480. The van der Waals surface area contributed by atoms with Gasteiger partial charge in [-0.2, -0.15) is 0 Å². The van der Waals surface area contributed by atoms with E-state index in [1.54, 1.807) is 30.4 Å². The number of nitrogens with zero attached hydrogens (tertiary/aromatic N) is 2. The van der Waals surface area contributed by atoms with Gasteiger partial charge in [0, 0.05) is 30.4 Å². The number of ether oxygens (including phenoxy) is 1. The molecule has 1 aromatic heterocycles. The van der Waals surface area contributed by atoms with E-state index in [4.69, 9.17) is 4.74 Å². The molecule has 0 radical (unpaired) electrons. The van der Waals surface area contributed by atoms with Crippen LogP contribution in [0, 0.1) is 25.6 Å². The molecule has 1 aliphatic carbocycles. The second kappa shape index (κ2) is 10.1. The van der Waals surface area contributed by atoms with Crippen molar-refractivity contribution in [2.45, 2.75) is 46.0 Å². The zero-order valence-electron chi connectivity index (χ0n) is 19.2. The third kappa shape index (κ3) is 4.92. The summed E-state index contributed by atoms with van der Waals surface area (Å²) in [7, 11) is 3.02. The van der Waals surface area contributed by atoms with Gasteiger partial charge in [0.15, 0.2) is 5.78 Å². The van der Waals surface area contributed by atoms with Crippen LogP contribution in [-0.4, -0.2) is 47.3 Å². The zero-order chi connectivity index (χ0) is 23.4. The first-order chi connectivity index (χ1) is 15.2. The summed E-state index contributed by atoms with van der Waals surface area (Å²) in [5.74, 6) is -1.10. The number of Topliss-reactive ketones (excluding diaryl/α,β-unsaturated/α-hetero) is 1. The zero-order valence-corrected chi connectivity index (χ0v) is 19.2. The van der Waals surface area contributed by atoms with E-state index in [2.05, 4.69) is 0 Å². The smallest absolute Gasteiger partial charge is 0.354 e. The number of benzene rings is 1. The number of carbonyl (C=O) groups is 3. The molecule has 1 saturated carbocycles. The Morgan fingerprint density at radius 1 is 1.09 bits per heavy atom. The van der Waals surface area contributed by atoms with Crippen molar-refractivity contribution in [3.05, 3.63) is 58.2 Å². The van der Waals surface area contributed by atoms with Crippen LogP contribution in [0.5, 0.6) is 0 Å². The lowest BCUT2D eigenvalue weighted by atomic mass is 9.88. The van der Waals surface area contributed by atoms with Gasteiger partial charge in [-0.25, -0.2) is 9.18 Å². The molecule has 0 spiro atoms.